The van der Waals surface area contributed by atoms with Crippen LogP contribution in [-0.2, 0) is 11.2 Å². The van der Waals surface area contributed by atoms with E-state index in [9.17, 15) is 4.79 Å². The van der Waals surface area contributed by atoms with E-state index in [1.54, 1.807) is 7.11 Å². The third kappa shape index (κ3) is 8.33. The Bertz CT molecular complexity index is 700. The van der Waals surface area contributed by atoms with Gasteiger partial charge in [0.25, 0.3) is 5.91 Å². The van der Waals surface area contributed by atoms with Crippen molar-refractivity contribution in [2.24, 2.45) is 0 Å². The van der Waals surface area contributed by atoms with Crippen LogP contribution in [0.25, 0.3) is 0 Å². The Morgan fingerprint density at radius 1 is 0.929 bits per heavy atom. The van der Waals surface area contributed by atoms with E-state index in [2.05, 4.69) is 12.2 Å². The first-order chi connectivity index (χ1) is 13.7. The average molecular weight is 386 g/mol. The number of carbonyl (C=O) groups excluding carboxylic acids is 1. The first-order valence-corrected chi connectivity index (χ1v) is 9.96. The van der Waals surface area contributed by atoms with Crippen LogP contribution in [0.15, 0.2) is 48.5 Å². The molecule has 5 nitrogen and oxygen atoms in total. The molecule has 0 spiro atoms. The molecule has 5 heteroatoms. The van der Waals surface area contributed by atoms with Crippen molar-refractivity contribution in [2.75, 3.05) is 26.9 Å². The van der Waals surface area contributed by atoms with Crippen molar-refractivity contribution < 1.29 is 19.0 Å². The first-order valence-electron chi connectivity index (χ1n) is 9.96. The normalized spacial score (nSPS) is 10.4. The van der Waals surface area contributed by atoms with Gasteiger partial charge in [0.15, 0.2) is 6.61 Å². The minimum Gasteiger partial charge on any atom is -0.497 e. The Morgan fingerprint density at radius 2 is 1.68 bits per heavy atom. The lowest BCUT2D eigenvalue weighted by atomic mass is 10.1. The Hall–Kier alpha value is -2.69. The van der Waals surface area contributed by atoms with Gasteiger partial charge in [-0.1, -0.05) is 44.4 Å². The van der Waals surface area contributed by atoms with Gasteiger partial charge in [0, 0.05) is 12.6 Å². The van der Waals surface area contributed by atoms with Gasteiger partial charge in [-0.2, -0.15) is 0 Å². The van der Waals surface area contributed by atoms with Gasteiger partial charge in [-0.05, 0) is 42.7 Å². The van der Waals surface area contributed by atoms with Crippen LogP contribution >= 0.6 is 0 Å². The quantitative estimate of drug-likeness (QED) is 0.520. The summed E-state index contributed by atoms with van der Waals surface area (Å²) in [5.74, 6) is 2.10. The highest BCUT2D eigenvalue weighted by molar-refractivity contribution is 5.77. The molecule has 0 bridgehead atoms. The highest BCUT2D eigenvalue weighted by Crippen LogP contribution is 2.19. The summed E-state index contributed by atoms with van der Waals surface area (Å²) in [7, 11) is 1.64. The third-order valence-corrected chi connectivity index (χ3v) is 4.34. The Balaban J connectivity index is 1.65. The second-order valence-electron chi connectivity index (χ2n) is 6.62. The molecule has 152 valence electrons. The molecule has 1 N–H and O–H groups in total. The Kier molecular flexibility index (Phi) is 9.76. The minimum atomic E-state index is -0.139. The molecule has 0 aliphatic carbocycles. The Labute approximate surface area is 168 Å². The van der Waals surface area contributed by atoms with E-state index in [1.807, 2.05) is 48.5 Å². The van der Waals surface area contributed by atoms with E-state index < -0.39 is 0 Å². The molecule has 0 radical (unpaired) electrons. The number of methoxy groups -OCH3 is 1. The molecule has 0 aliphatic heterocycles. The molecule has 2 aromatic carbocycles. The monoisotopic (exact) mass is 385 g/mol. The molecule has 0 heterocycles. The topological polar surface area (TPSA) is 56.8 Å². The van der Waals surface area contributed by atoms with Crippen LogP contribution in [0.5, 0.6) is 17.2 Å². The van der Waals surface area contributed by atoms with E-state index in [-0.39, 0.29) is 12.5 Å². The molecule has 2 aromatic rings. The number of carbonyl (C=O) groups is 1. The lowest BCUT2D eigenvalue weighted by Crippen LogP contribution is -2.30. The number of hydrogen-bond donors (Lipinski definition) is 1. The largest absolute Gasteiger partial charge is 0.497 e. The molecule has 0 aliphatic rings. The van der Waals surface area contributed by atoms with E-state index in [4.69, 9.17) is 14.2 Å². The number of amides is 1. The standard InChI is InChI=1S/C23H31NO4/c1-3-4-5-6-16-27-21-8-7-9-22(17-21)28-18-23(25)24-15-14-19-10-12-20(26-2)13-11-19/h7-13,17H,3-6,14-16,18H2,1-2H3,(H,24,25). The fourth-order valence-electron chi connectivity index (χ4n) is 2.71. The molecular weight excluding hydrogens is 354 g/mol. The number of hydrogen-bond acceptors (Lipinski definition) is 4. The van der Waals surface area contributed by atoms with Gasteiger partial charge in [0.1, 0.15) is 17.2 Å². The molecule has 0 unspecified atom stereocenters. The maximum Gasteiger partial charge on any atom is 0.257 e. The summed E-state index contributed by atoms with van der Waals surface area (Å²) < 4.78 is 16.5. The summed E-state index contributed by atoms with van der Waals surface area (Å²) >= 11 is 0. The smallest absolute Gasteiger partial charge is 0.257 e. The van der Waals surface area contributed by atoms with Crippen molar-refractivity contribution in [1.82, 2.24) is 5.32 Å². The average Bonchev–Trinajstić information content (AvgIpc) is 2.73. The third-order valence-electron chi connectivity index (χ3n) is 4.34. The van der Waals surface area contributed by atoms with Crippen LogP contribution < -0.4 is 19.5 Å². The lowest BCUT2D eigenvalue weighted by molar-refractivity contribution is -0.123. The van der Waals surface area contributed by atoms with Gasteiger partial charge >= 0.3 is 0 Å². The van der Waals surface area contributed by atoms with Crippen LogP contribution in [0.2, 0.25) is 0 Å². The van der Waals surface area contributed by atoms with Crippen molar-refractivity contribution in [3.05, 3.63) is 54.1 Å². The van der Waals surface area contributed by atoms with E-state index in [0.29, 0.717) is 18.9 Å². The van der Waals surface area contributed by atoms with Crippen LogP contribution in [0, 0.1) is 0 Å². The van der Waals surface area contributed by atoms with Gasteiger partial charge < -0.3 is 19.5 Å². The van der Waals surface area contributed by atoms with Crippen molar-refractivity contribution in [3.63, 3.8) is 0 Å². The zero-order chi connectivity index (χ0) is 20.0. The molecule has 0 aromatic heterocycles. The molecule has 28 heavy (non-hydrogen) atoms. The zero-order valence-corrected chi connectivity index (χ0v) is 16.9. The molecule has 1 amide bonds. The SMILES string of the molecule is CCCCCCOc1cccc(OCC(=O)NCCc2ccc(OC)cc2)c1. The molecule has 0 saturated heterocycles. The van der Waals surface area contributed by atoms with E-state index in [1.165, 1.54) is 19.3 Å². The number of unbranched alkanes of at least 4 members (excludes halogenated alkanes) is 3. The van der Waals surface area contributed by atoms with Gasteiger partial charge in [-0.15, -0.1) is 0 Å². The van der Waals surface area contributed by atoms with Gasteiger partial charge in [0.05, 0.1) is 13.7 Å². The van der Waals surface area contributed by atoms with Gasteiger partial charge in [0.2, 0.25) is 0 Å². The van der Waals surface area contributed by atoms with Crippen LogP contribution in [0.4, 0.5) is 0 Å². The van der Waals surface area contributed by atoms with Crippen molar-refractivity contribution >= 4 is 5.91 Å². The summed E-state index contributed by atoms with van der Waals surface area (Å²) in [4.78, 5) is 12.0. The number of rotatable bonds is 13. The minimum absolute atomic E-state index is 0.0113. The Morgan fingerprint density at radius 3 is 2.39 bits per heavy atom. The fourth-order valence-corrected chi connectivity index (χ4v) is 2.71. The lowest BCUT2D eigenvalue weighted by Gasteiger charge is -2.10. The fraction of sp³-hybridized carbons (Fsp3) is 0.435. The van der Waals surface area contributed by atoms with Crippen molar-refractivity contribution in [3.8, 4) is 17.2 Å². The maximum atomic E-state index is 12.0. The van der Waals surface area contributed by atoms with E-state index in [0.717, 1.165) is 29.9 Å². The molecule has 2 rings (SSSR count). The summed E-state index contributed by atoms with van der Waals surface area (Å²) in [6.45, 7) is 3.45. The summed E-state index contributed by atoms with van der Waals surface area (Å²) in [5, 5.41) is 2.87. The summed E-state index contributed by atoms with van der Waals surface area (Å²) in [6.07, 6.45) is 5.45. The molecular formula is C23H31NO4. The van der Waals surface area contributed by atoms with Crippen LogP contribution in [0.1, 0.15) is 38.2 Å². The predicted octanol–water partition coefficient (Wildman–Crippen LogP) is 4.39. The van der Waals surface area contributed by atoms with Gasteiger partial charge in [-0.25, -0.2) is 0 Å². The zero-order valence-electron chi connectivity index (χ0n) is 16.9. The first kappa shape index (κ1) is 21.6. The second kappa shape index (κ2) is 12.7. The van der Waals surface area contributed by atoms with Crippen molar-refractivity contribution in [2.45, 2.75) is 39.0 Å². The highest BCUT2D eigenvalue weighted by atomic mass is 16.5. The van der Waals surface area contributed by atoms with Crippen LogP contribution in [0.3, 0.4) is 0 Å². The number of nitrogens with one attached hydrogen (secondary N) is 1. The molecule has 0 fully saturated rings. The second-order valence-corrected chi connectivity index (χ2v) is 6.62. The number of ether oxygens (including phenoxy) is 3. The predicted molar refractivity (Wildman–Crippen MR) is 111 cm³/mol. The van der Waals surface area contributed by atoms with Crippen LogP contribution in [-0.4, -0.2) is 32.8 Å². The maximum absolute atomic E-state index is 12.0. The summed E-state index contributed by atoms with van der Waals surface area (Å²) in [5.41, 5.74) is 1.14. The summed E-state index contributed by atoms with van der Waals surface area (Å²) in [6, 6.07) is 15.3. The van der Waals surface area contributed by atoms with Crippen molar-refractivity contribution in [1.29, 1.82) is 0 Å². The number of benzene rings is 2. The van der Waals surface area contributed by atoms with E-state index >= 15 is 0 Å². The molecule has 0 saturated carbocycles. The van der Waals surface area contributed by atoms with Gasteiger partial charge in [-0.3, -0.25) is 4.79 Å². The molecule has 0 atom stereocenters. The highest BCUT2D eigenvalue weighted by Gasteiger charge is 2.04.